The summed E-state index contributed by atoms with van der Waals surface area (Å²) in [6.45, 7) is 15.7. The van der Waals surface area contributed by atoms with Crippen LogP contribution in [0.4, 0.5) is 5.82 Å². The molecule has 5 heterocycles. The second-order valence-electron chi connectivity index (χ2n) is 15.6. The Morgan fingerprint density at radius 1 is 0.745 bits per heavy atom. The van der Waals surface area contributed by atoms with Gasteiger partial charge in [0.2, 0.25) is 0 Å². The van der Waals surface area contributed by atoms with Gasteiger partial charge in [-0.1, -0.05) is 96.5 Å². The second-order valence-corrected chi connectivity index (χ2v) is 15.6. The first-order valence-electron chi connectivity index (χ1n) is 18.9. The predicted octanol–water partition coefficient (Wildman–Crippen LogP) is 10.5. The van der Waals surface area contributed by atoms with Crippen LogP contribution in [-0.2, 0) is 25.5 Å². The molecule has 55 heavy (non-hydrogen) atoms. The maximum Gasteiger partial charge on any atom is 0.415 e. The molecule has 0 bridgehead atoms. The number of hydrogen-bond acceptors (Lipinski definition) is 4. The number of pyridine rings is 1. The molecule has 1 radical (unpaired) electrons. The zero-order valence-corrected chi connectivity index (χ0v) is 34.8. The molecule has 0 amide bonds. The number of hydrogen-bond donors (Lipinski definition) is 0. The van der Waals surface area contributed by atoms with E-state index in [0.29, 0.717) is 11.8 Å². The third-order valence-electron chi connectivity index (χ3n) is 10.3. The van der Waals surface area contributed by atoms with E-state index >= 15 is 0 Å². The summed E-state index contributed by atoms with van der Waals surface area (Å²) >= 11 is 0. The Morgan fingerprint density at radius 2 is 1.47 bits per heavy atom. The Balaban J connectivity index is 0.000000173. The fourth-order valence-corrected chi connectivity index (χ4v) is 7.66. The summed E-state index contributed by atoms with van der Waals surface area (Å²) in [6, 6.07) is 40.4. The van der Waals surface area contributed by atoms with Gasteiger partial charge >= 0.3 is 6.98 Å². The first kappa shape index (κ1) is 38.0. The molecule has 0 saturated heterocycles. The smallest absolute Gasteiger partial charge is 0.371 e. The number of amidine groups is 1. The van der Waals surface area contributed by atoms with Gasteiger partial charge in [-0.2, -0.15) is 24.3 Å². The summed E-state index contributed by atoms with van der Waals surface area (Å²) in [5.74, 6) is 4.46. The summed E-state index contributed by atoms with van der Waals surface area (Å²) in [5.41, 5.74) is 8.67. The van der Waals surface area contributed by atoms with Crippen LogP contribution < -0.4 is 5.46 Å². The zero-order valence-electron chi connectivity index (χ0n) is 32.5. The molecule has 0 aliphatic carbocycles. The Kier molecular flexibility index (Phi) is 10.7. The van der Waals surface area contributed by atoms with Crippen molar-refractivity contribution in [2.75, 3.05) is 0 Å². The molecule has 0 saturated carbocycles. The van der Waals surface area contributed by atoms with Crippen molar-refractivity contribution >= 4 is 45.9 Å². The van der Waals surface area contributed by atoms with E-state index in [-0.39, 0.29) is 32.5 Å². The summed E-state index contributed by atoms with van der Waals surface area (Å²) in [5, 5.41) is 2.45. The van der Waals surface area contributed by atoms with Crippen LogP contribution in [-0.4, -0.2) is 36.6 Å². The van der Waals surface area contributed by atoms with E-state index in [0.717, 1.165) is 34.4 Å². The van der Waals surface area contributed by atoms with E-state index in [4.69, 9.17) is 9.98 Å². The van der Waals surface area contributed by atoms with E-state index in [2.05, 4.69) is 165 Å². The molecule has 4 aromatic carbocycles. The van der Waals surface area contributed by atoms with Crippen molar-refractivity contribution in [3.63, 3.8) is 0 Å². The normalized spacial score (nSPS) is 13.4. The Morgan fingerprint density at radius 3 is 2.20 bits per heavy atom. The maximum atomic E-state index is 4.93. The molecule has 9 rings (SSSR count). The van der Waals surface area contributed by atoms with Gasteiger partial charge in [0, 0.05) is 37.6 Å². The van der Waals surface area contributed by atoms with Gasteiger partial charge < -0.3 is 13.9 Å². The van der Waals surface area contributed by atoms with Crippen LogP contribution in [0, 0.1) is 12.1 Å². The van der Waals surface area contributed by atoms with Gasteiger partial charge in [-0.15, -0.1) is 41.3 Å². The van der Waals surface area contributed by atoms with Gasteiger partial charge in [-0.05, 0) is 81.3 Å². The first-order chi connectivity index (χ1) is 26.1. The molecule has 6 nitrogen and oxygen atoms in total. The molecule has 0 atom stereocenters. The molecule has 2 aliphatic heterocycles. The first-order valence-corrected chi connectivity index (χ1v) is 18.9. The average molecular weight is 897 g/mol. The van der Waals surface area contributed by atoms with Crippen molar-refractivity contribution in [1.82, 2.24) is 23.8 Å². The predicted molar refractivity (Wildman–Crippen MR) is 225 cm³/mol. The number of para-hydroxylation sites is 2. The van der Waals surface area contributed by atoms with Crippen molar-refractivity contribution in [1.29, 1.82) is 0 Å². The monoisotopic (exact) mass is 897 g/mol. The summed E-state index contributed by atoms with van der Waals surface area (Å²) in [6.07, 6.45) is 12.1. The van der Waals surface area contributed by atoms with E-state index in [1.807, 2.05) is 48.8 Å². The molecule has 0 fully saturated rings. The van der Waals surface area contributed by atoms with Crippen LogP contribution in [0.25, 0.3) is 39.0 Å². The fraction of sp³-hybridized carbons (Fsp3) is 0.213. The van der Waals surface area contributed by atoms with Crippen molar-refractivity contribution in [3.05, 3.63) is 163 Å². The van der Waals surface area contributed by atoms with Gasteiger partial charge in [0.05, 0.1) is 6.20 Å². The van der Waals surface area contributed by atoms with Gasteiger partial charge in [0.1, 0.15) is 17.5 Å². The fourth-order valence-electron chi connectivity index (χ4n) is 7.66. The number of rotatable bonds is 5. The van der Waals surface area contributed by atoms with Crippen molar-refractivity contribution < 1.29 is 20.1 Å². The van der Waals surface area contributed by atoms with Crippen molar-refractivity contribution in [3.8, 4) is 17.2 Å². The summed E-state index contributed by atoms with van der Waals surface area (Å²) in [4.78, 5) is 16.6. The number of aliphatic imine (C=N–C) groups is 1. The minimum Gasteiger partial charge on any atom is -0.371 e. The van der Waals surface area contributed by atoms with Crippen LogP contribution in [0.3, 0.4) is 0 Å². The molecular weight excluding hydrogens is 852 g/mol. The van der Waals surface area contributed by atoms with Gasteiger partial charge in [-0.25, -0.2) is 9.98 Å². The maximum absolute atomic E-state index is 4.93. The number of imidazole rings is 1. The zero-order chi connectivity index (χ0) is 37.6. The third kappa shape index (κ3) is 7.06. The minimum absolute atomic E-state index is 0. The number of benzene rings is 4. The summed E-state index contributed by atoms with van der Waals surface area (Å²) in [7, 11) is 0. The molecule has 7 aromatic rings. The minimum atomic E-state index is -0.0641. The van der Waals surface area contributed by atoms with Crippen LogP contribution in [0.1, 0.15) is 77.0 Å². The summed E-state index contributed by atoms with van der Waals surface area (Å²) < 4.78 is 4.48. The van der Waals surface area contributed by atoms with E-state index < -0.39 is 0 Å². The third-order valence-corrected chi connectivity index (χ3v) is 10.3. The van der Waals surface area contributed by atoms with Gasteiger partial charge in [0.25, 0.3) is 0 Å². The number of allylic oxidation sites excluding steroid dienone is 2. The molecule has 0 N–H and O–H groups in total. The van der Waals surface area contributed by atoms with E-state index in [1.165, 1.54) is 38.4 Å². The number of nitrogens with zero attached hydrogens (tertiary/aromatic N) is 6. The molecule has 3 aromatic heterocycles. The van der Waals surface area contributed by atoms with Gasteiger partial charge in [-0.3, -0.25) is 4.98 Å². The van der Waals surface area contributed by atoms with E-state index in [1.54, 1.807) is 0 Å². The SMILES string of the molecule is CC(C)(C)c1ccnc(-n2c3[c-]cccc3c3ccccc32)c1.CC(C)c1cccc(C(C)C)c1B1N2C=CC=CC2=Nc2cnc(-c3[c-]cccc3)n21.[Ir]. The molecular formula is C47H45BIrN6-2. The second kappa shape index (κ2) is 15.4. The van der Waals surface area contributed by atoms with Crippen LogP contribution in [0.15, 0.2) is 139 Å². The van der Waals surface area contributed by atoms with Crippen LogP contribution in [0.5, 0.6) is 0 Å². The van der Waals surface area contributed by atoms with Crippen LogP contribution >= 0.6 is 0 Å². The Hall–Kier alpha value is -5.30. The molecule has 0 spiro atoms. The Bertz CT molecular complexity index is 2490. The molecule has 0 unspecified atom stereocenters. The number of aromatic nitrogens is 4. The topological polar surface area (TPSA) is 51.2 Å². The molecule has 2 aliphatic rings. The molecule has 277 valence electrons. The standard InChI is InChI=1S/C26H26BN4.C21H19N2.Ir/c1-18(2)21-13-10-14-22(19(3)4)25(21)27-30-16-9-8-15-23(30)29-24-17-28-26(31(24)27)20-11-6-5-7-12-20;1-21(2,3)15-12-13-22-20(14-15)23-18-10-6-4-8-16(18)17-9-5-7-11-19(17)23;/h5-11,13-19H,1-4H3;4-10,12-14H,1-3H3;/q2*-1;. The number of fused-ring (bicyclic) bond motifs is 5. The Labute approximate surface area is 338 Å². The van der Waals surface area contributed by atoms with Crippen molar-refractivity contribution in [2.45, 2.75) is 65.7 Å². The molecule has 8 heteroatoms. The van der Waals surface area contributed by atoms with Crippen molar-refractivity contribution in [2.24, 2.45) is 4.99 Å². The largest absolute Gasteiger partial charge is 0.415 e. The van der Waals surface area contributed by atoms with Gasteiger partial charge in [0.15, 0.2) is 0 Å². The van der Waals surface area contributed by atoms with E-state index in [9.17, 15) is 0 Å². The quantitative estimate of drug-likeness (QED) is 0.128. The average Bonchev–Trinajstić information content (AvgIpc) is 3.76. The van der Waals surface area contributed by atoms with Crippen LogP contribution in [0.2, 0.25) is 0 Å².